The molecule has 3 rings (SSSR count). The summed E-state index contributed by atoms with van der Waals surface area (Å²) in [7, 11) is 0. The molecule has 6 heteroatoms. The smallest absolute Gasteiger partial charge is 1.00 e. The second-order valence-electron chi connectivity index (χ2n) is 10.3. The summed E-state index contributed by atoms with van der Waals surface area (Å²) < 4.78 is 19.2. The zero-order valence-corrected chi connectivity index (χ0v) is 23.6. The van der Waals surface area contributed by atoms with Crippen LogP contribution in [-0.4, -0.2) is 12.6 Å². The van der Waals surface area contributed by atoms with Crippen LogP contribution in [0, 0.1) is 13.8 Å². The van der Waals surface area contributed by atoms with E-state index in [0.29, 0.717) is 13.0 Å². The number of aryl methyl sites for hydroxylation is 2. The Hall–Kier alpha value is -0.706. The maximum atomic E-state index is 6.53. The van der Waals surface area contributed by atoms with Crippen molar-refractivity contribution in [2.75, 3.05) is 6.61 Å². The van der Waals surface area contributed by atoms with Crippen LogP contribution in [0.25, 0.3) is 0 Å². The number of rotatable bonds is 4. The minimum Gasteiger partial charge on any atom is -1.00 e. The second kappa shape index (κ2) is 11.6. The van der Waals surface area contributed by atoms with Crippen LogP contribution in [0.15, 0.2) is 36.4 Å². The third kappa shape index (κ3) is 7.40. The number of hydrogen-bond donors (Lipinski definition) is 0. The van der Waals surface area contributed by atoms with Gasteiger partial charge in [0.1, 0.15) is 11.5 Å². The molecule has 0 unspecified atom stereocenters. The molecule has 1 aliphatic heterocycles. The van der Waals surface area contributed by atoms with Gasteiger partial charge in [0, 0.05) is 11.1 Å². The van der Waals surface area contributed by atoms with Crippen LogP contribution < -0.4 is 34.3 Å². The van der Waals surface area contributed by atoms with E-state index < -0.39 is 5.97 Å². The predicted molar refractivity (Wildman–Crippen MR) is 119 cm³/mol. The average molecular weight is 515 g/mol. The maximum Gasteiger partial charge on any atom is 2.00 e. The van der Waals surface area contributed by atoms with Gasteiger partial charge in [-0.15, -0.1) is 0 Å². The predicted octanol–water partition coefficient (Wildman–Crippen LogP) is 0.826. The van der Waals surface area contributed by atoms with Gasteiger partial charge in [0.15, 0.2) is 0 Å². The van der Waals surface area contributed by atoms with Crippen molar-refractivity contribution in [3.8, 4) is 11.5 Å². The second-order valence-corrected chi connectivity index (χ2v) is 10.3. The van der Waals surface area contributed by atoms with E-state index in [0.717, 1.165) is 29.0 Å². The van der Waals surface area contributed by atoms with Crippen molar-refractivity contribution >= 4 is 0 Å². The van der Waals surface area contributed by atoms with Crippen LogP contribution in [0.4, 0.5) is 0 Å². The molecule has 0 bridgehead atoms. The molecule has 2 aromatic carbocycles. The zero-order valence-electron chi connectivity index (χ0n) is 20.6. The molecule has 0 aliphatic carbocycles. The number of ether oxygens (including phenoxy) is 3. The normalized spacial score (nSPS) is 15.1. The Balaban J connectivity index is 0.00000320. The first kappa shape index (κ1) is 31.3. The summed E-state index contributed by atoms with van der Waals surface area (Å²) in [5.74, 6) is 0.564. The first-order chi connectivity index (χ1) is 13.4. The van der Waals surface area contributed by atoms with Gasteiger partial charge in [-0.25, -0.2) is 0 Å². The molecule has 176 valence electrons. The molecule has 1 heterocycles. The van der Waals surface area contributed by atoms with E-state index in [4.69, 9.17) is 14.2 Å². The fraction of sp³-hybridized carbons (Fsp3) is 0.538. The third-order valence-electron chi connectivity index (χ3n) is 5.37. The topological polar surface area (TPSA) is 27.7 Å². The van der Waals surface area contributed by atoms with Crippen molar-refractivity contribution in [1.29, 1.82) is 0 Å². The van der Waals surface area contributed by atoms with Gasteiger partial charge in [0.25, 0.3) is 0 Å². The van der Waals surface area contributed by atoms with Crippen LogP contribution >= 0.6 is 0 Å². The van der Waals surface area contributed by atoms with E-state index in [1.165, 1.54) is 11.1 Å². The molecule has 0 atom stereocenters. The Labute approximate surface area is 221 Å². The molecule has 0 saturated carbocycles. The van der Waals surface area contributed by atoms with Crippen LogP contribution in [-0.2, 0) is 37.3 Å². The van der Waals surface area contributed by atoms with Crippen LogP contribution in [0.5, 0.6) is 11.5 Å². The van der Waals surface area contributed by atoms with E-state index in [-0.39, 0.29) is 57.4 Å². The summed E-state index contributed by atoms with van der Waals surface area (Å²) in [6.07, 6.45) is 1.61. The molecule has 1 saturated heterocycles. The molecule has 32 heavy (non-hydrogen) atoms. The van der Waals surface area contributed by atoms with Crippen molar-refractivity contribution < 1.29 is 60.7 Å². The molecule has 0 radical (unpaired) electrons. The summed E-state index contributed by atoms with van der Waals surface area (Å²) in [5.41, 5.74) is 4.69. The van der Waals surface area contributed by atoms with Gasteiger partial charge < -0.3 is 39.0 Å². The van der Waals surface area contributed by atoms with Gasteiger partial charge in [-0.1, -0.05) is 76.9 Å². The standard InChI is InChI=1S/C26H36O3.2ClH.Ti/c1-18-10-12-22(20(16-18)24(3,4)5)28-26(14-9-15-27-26)29-23-13-11-19(2)17-21(23)25(6,7)8;;;/h10-13,16-17H,9,14-15H2,1-8H3;2*1H;/q;;;+2/p-2. The van der Waals surface area contributed by atoms with Crippen LogP contribution in [0.2, 0.25) is 0 Å². The first-order valence-corrected chi connectivity index (χ1v) is 10.6. The van der Waals surface area contributed by atoms with Crippen molar-refractivity contribution in [3.63, 3.8) is 0 Å². The van der Waals surface area contributed by atoms with E-state index >= 15 is 0 Å². The van der Waals surface area contributed by atoms with E-state index in [1.54, 1.807) is 0 Å². The molecule has 2 aromatic rings. The van der Waals surface area contributed by atoms with Crippen molar-refractivity contribution in [2.45, 2.75) is 85.0 Å². The molecule has 0 spiro atoms. The Kier molecular flexibility index (Phi) is 11.4. The molecule has 3 nitrogen and oxygen atoms in total. The fourth-order valence-corrected chi connectivity index (χ4v) is 3.74. The minimum absolute atomic E-state index is 0. The molecular formula is C26H36Cl2O3Ti. The summed E-state index contributed by atoms with van der Waals surface area (Å²) in [5, 5.41) is 0. The summed E-state index contributed by atoms with van der Waals surface area (Å²) in [6, 6.07) is 12.7. The largest absolute Gasteiger partial charge is 2.00 e. The molecular weight excluding hydrogens is 479 g/mol. The van der Waals surface area contributed by atoms with Gasteiger partial charge in [-0.3, -0.25) is 0 Å². The van der Waals surface area contributed by atoms with Crippen molar-refractivity contribution in [1.82, 2.24) is 0 Å². The minimum atomic E-state index is -1.09. The van der Waals surface area contributed by atoms with Crippen LogP contribution in [0.1, 0.15) is 76.6 Å². The van der Waals surface area contributed by atoms with Gasteiger partial charge in [-0.05, 0) is 43.2 Å². The van der Waals surface area contributed by atoms with Gasteiger partial charge in [0.05, 0.1) is 13.0 Å². The number of benzene rings is 2. The maximum absolute atomic E-state index is 6.53. The van der Waals surface area contributed by atoms with E-state index in [1.807, 2.05) is 12.1 Å². The summed E-state index contributed by atoms with van der Waals surface area (Å²) in [4.78, 5) is 0. The van der Waals surface area contributed by atoms with Crippen LogP contribution in [0.3, 0.4) is 0 Å². The zero-order chi connectivity index (χ0) is 21.4. The monoisotopic (exact) mass is 514 g/mol. The molecule has 1 fully saturated rings. The molecule has 0 N–H and O–H groups in total. The van der Waals surface area contributed by atoms with Crippen molar-refractivity contribution in [2.24, 2.45) is 0 Å². The molecule has 0 amide bonds. The van der Waals surface area contributed by atoms with E-state index in [9.17, 15) is 0 Å². The summed E-state index contributed by atoms with van der Waals surface area (Å²) in [6.45, 7) is 18.1. The molecule has 0 aromatic heterocycles. The first-order valence-electron chi connectivity index (χ1n) is 10.6. The van der Waals surface area contributed by atoms with Gasteiger partial charge in [-0.2, -0.15) is 0 Å². The fourth-order valence-electron chi connectivity index (χ4n) is 3.74. The van der Waals surface area contributed by atoms with Gasteiger partial charge in [0.2, 0.25) is 0 Å². The quantitative estimate of drug-likeness (QED) is 0.446. The number of hydrogen-bond acceptors (Lipinski definition) is 3. The number of halogens is 2. The Morgan fingerprint density at radius 1 is 0.750 bits per heavy atom. The summed E-state index contributed by atoms with van der Waals surface area (Å²) >= 11 is 0. The Morgan fingerprint density at radius 3 is 1.47 bits per heavy atom. The molecule has 1 aliphatic rings. The SMILES string of the molecule is Cc1ccc(OC2(Oc3ccc(C)cc3C(C)(C)C)CCCO2)c(C(C)(C)C)c1.[Cl-].[Cl-].[Ti+2]. The van der Waals surface area contributed by atoms with Gasteiger partial charge >= 0.3 is 27.7 Å². The van der Waals surface area contributed by atoms with Crippen molar-refractivity contribution in [3.05, 3.63) is 58.7 Å². The average Bonchev–Trinajstić information content (AvgIpc) is 3.04. The van der Waals surface area contributed by atoms with E-state index in [2.05, 4.69) is 79.7 Å². The Bertz CT molecular complexity index is 812. The third-order valence-corrected chi connectivity index (χ3v) is 5.37. The Morgan fingerprint density at radius 2 is 1.16 bits per heavy atom.